The third-order valence-electron chi connectivity index (χ3n) is 4.87. The molecule has 3 N–H and O–H groups in total. The van der Waals surface area contributed by atoms with Crippen LogP contribution in [0.15, 0.2) is 0 Å². The van der Waals surface area contributed by atoms with Crippen LogP contribution in [0.2, 0.25) is 0 Å². The minimum atomic E-state index is -0.904. The summed E-state index contributed by atoms with van der Waals surface area (Å²) in [6.07, 6.45) is 3.36. The summed E-state index contributed by atoms with van der Waals surface area (Å²) < 4.78 is 5.35. The van der Waals surface area contributed by atoms with Crippen molar-refractivity contribution >= 4 is 23.6 Å². The minimum absolute atomic E-state index is 0.0184. The van der Waals surface area contributed by atoms with Crippen molar-refractivity contribution in [2.24, 2.45) is 17.1 Å². The molecular formula is C14H22N2O4S. The van der Waals surface area contributed by atoms with E-state index in [4.69, 9.17) is 10.5 Å². The van der Waals surface area contributed by atoms with E-state index in [1.165, 1.54) is 0 Å². The first-order valence-electron chi connectivity index (χ1n) is 7.54. The van der Waals surface area contributed by atoms with E-state index < -0.39 is 17.4 Å². The second-order valence-electron chi connectivity index (χ2n) is 6.22. The second-order valence-corrected chi connectivity index (χ2v) is 7.37. The Bertz CT molecular complexity index is 435. The Morgan fingerprint density at radius 3 is 2.52 bits per heavy atom. The highest BCUT2D eigenvalue weighted by molar-refractivity contribution is 8.00. The molecule has 7 heteroatoms. The monoisotopic (exact) mass is 314 g/mol. The first-order chi connectivity index (χ1) is 10.1. The summed E-state index contributed by atoms with van der Waals surface area (Å²) in [6, 6.07) is -0.709. The van der Waals surface area contributed by atoms with Crippen LogP contribution in [0.5, 0.6) is 0 Å². The lowest BCUT2D eigenvalue weighted by molar-refractivity contribution is -0.157. The van der Waals surface area contributed by atoms with Gasteiger partial charge >= 0.3 is 5.97 Å². The molecule has 2 heterocycles. The van der Waals surface area contributed by atoms with Crippen molar-refractivity contribution in [2.45, 2.75) is 37.1 Å². The highest BCUT2D eigenvalue weighted by Gasteiger charge is 2.53. The van der Waals surface area contributed by atoms with Crippen molar-refractivity contribution in [1.82, 2.24) is 4.90 Å². The van der Waals surface area contributed by atoms with Crippen molar-refractivity contribution in [2.75, 3.05) is 25.5 Å². The zero-order valence-electron chi connectivity index (χ0n) is 12.0. The summed E-state index contributed by atoms with van der Waals surface area (Å²) >= 11 is 1.61. The smallest absolute Gasteiger partial charge is 0.327 e. The normalized spacial score (nSPS) is 32.1. The van der Waals surface area contributed by atoms with Crippen LogP contribution in [0, 0.1) is 11.3 Å². The Morgan fingerprint density at radius 1 is 1.33 bits per heavy atom. The molecule has 1 aliphatic carbocycles. The van der Waals surface area contributed by atoms with Crippen LogP contribution in [0.4, 0.5) is 0 Å². The Morgan fingerprint density at radius 2 is 2.00 bits per heavy atom. The number of rotatable bonds is 4. The second kappa shape index (κ2) is 5.78. The number of ether oxygens (including phenoxy) is 1. The van der Waals surface area contributed by atoms with E-state index in [1.807, 2.05) is 0 Å². The SMILES string of the molecule is NCC1(C(=O)N2C(C(=O)O)CSC2C2CC2)CCOCC1. The van der Waals surface area contributed by atoms with Crippen LogP contribution < -0.4 is 5.73 Å². The lowest BCUT2D eigenvalue weighted by atomic mass is 9.78. The van der Waals surface area contributed by atoms with E-state index in [9.17, 15) is 14.7 Å². The highest BCUT2D eigenvalue weighted by Crippen LogP contribution is 2.47. The van der Waals surface area contributed by atoms with Gasteiger partial charge in [-0.05, 0) is 31.6 Å². The number of aliphatic carboxylic acids is 1. The maximum Gasteiger partial charge on any atom is 0.327 e. The van der Waals surface area contributed by atoms with Gasteiger partial charge < -0.3 is 20.5 Å². The van der Waals surface area contributed by atoms with Crippen LogP contribution in [0.3, 0.4) is 0 Å². The first-order valence-corrected chi connectivity index (χ1v) is 8.59. The van der Waals surface area contributed by atoms with E-state index in [1.54, 1.807) is 16.7 Å². The van der Waals surface area contributed by atoms with Crippen molar-refractivity contribution in [3.8, 4) is 0 Å². The van der Waals surface area contributed by atoms with Gasteiger partial charge in [0, 0.05) is 25.5 Å². The Labute approximate surface area is 128 Å². The highest BCUT2D eigenvalue weighted by atomic mass is 32.2. The van der Waals surface area contributed by atoms with Crippen LogP contribution in [0.1, 0.15) is 25.7 Å². The van der Waals surface area contributed by atoms with Gasteiger partial charge in [-0.2, -0.15) is 0 Å². The molecule has 2 saturated heterocycles. The van der Waals surface area contributed by atoms with Gasteiger partial charge in [0.2, 0.25) is 5.91 Å². The predicted octanol–water partition coefficient (Wildman–Crippen LogP) is 0.507. The summed E-state index contributed by atoms with van der Waals surface area (Å²) in [7, 11) is 0. The number of carbonyl (C=O) groups is 2. The largest absolute Gasteiger partial charge is 0.480 e. The topological polar surface area (TPSA) is 92.9 Å². The zero-order valence-corrected chi connectivity index (χ0v) is 12.8. The Hall–Kier alpha value is -0.790. The van der Waals surface area contributed by atoms with E-state index in [2.05, 4.69) is 0 Å². The number of thioether (sulfide) groups is 1. The Kier molecular flexibility index (Phi) is 4.16. The van der Waals surface area contributed by atoms with Crippen molar-refractivity contribution in [3.05, 3.63) is 0 Å². The third kappa shape index (κ3) is 2.66. The van der Waals surface area contributed by atoms with E-state index in [-0.39, 0.29) is 17.8 Å². The van der Waals surface area contributed by atoms with Gasteiger partial charge in [-0.3, -0.25) is 4.79 Å². The molecule has 0 aromatic rings. The fourth-order valence-electron chi connectivity index (χ4n) is 3.26. The quantitative estimate of drug-likeness (QED) is 0.785. The van der Waals surface area contributed by atoms with Gasteiger partial charge in [0.05, 0.1) is 10.8 Å². The van der Waals surface area contributed by atoms with E-state index in [0.29, 0.717) is 37.7 Å². The number of nitrogens with two attached hydrogens (primary N) is 1. The average molecular weight is 314 g/mol. The maximum atomic E-state index is 13.1. The molecule has 0 spiro atoms. The first kappa shape index (κ1) is 15.1. The molecular weight excluding hydrogens is 292 g/mol. The number of amides is 1. The number of nitrogens with zero attached hydrogens (tertiary/aromatic N) is 1. The summed E-state index contributed by atoms with van der Waals surface area (Å²) in [6.45, 7) is 1.31. The maximum absolute atomic E-state index is 13.1. The molecule has 0 aromatic heterocycles. The lowest BCUT2D eigenvalue weighted by Crippen LogP contribution is -2.56. The molecule has 2 unspecified atom stereocenters. The van der Waals surface area contributed by atoms with Crippen molar-refractivity contribution in [3.63, 3.8) is 0 Å². The lowest BCUT2D eigenvalue weighted by Gasteiger charge is -2.40. The van der Waals surface area contributed by atoms with Crippen LogP contribution in [-0.2, 0) is 14.3 Å². The van der Waals surface area contributed by atoms with Gasteiger partial charge in [-0.25, -0.2) is 4.79 Å². The standard InChI is InChI=1S/C14H22N2O4S/c15-8-14(3-5-20-6-4-14)13(19)16-10(12(17)18)7-21-11(16)9-1-2-9/h9-11H,1-8,15H2,(H,17,18). The van der Waals surface area contributed by atoms with E-state index in [0.717, 1.165) is 12.8 Å². The van der Waals surface area contributed by atoms with Gasteiger partial charge in [-0.15, -0.1) is 11.8 Å². The molecule has 0 bridgehead atoms. The molecule has 6 nitrogen and oxygen atoms in total. The number of carboxylic acids is 1. The zero-order chi connectivity index (χ0) is 15.0. The van der Waals surface area contributed by atoms with Crippen LogP contribution in [0.25, 0.3) is 0 Å². The van der Waals surface area contributed by atoms with Gasteiger partial charge in [-0.1, -0.05) is 0 Å². The molecule has 3 fully saturated rings. The molecule has 1 saturated carbocycles. The third-order valence-corrected chi connectivity index (χ3v) is 6.34. The predicted molar refractivity (Wildman–Crippen MR) is 78.8 cm³/mol. The Balaban J connectivity index is 1.86. The fraction of sp³-hybridized carbons (Fsp3) is 0.857. The van der Waals surface area contributed by atoms with Crippen molar-refractivity contribution < 1.29 is 19.4 Å². The molecule has 118 valence electrons. The molecule has 21 heavy (non-hydrogen) atoms. The average Bonchev–Trinajstić information content (AvgIpc) is 3.25. The summed E-state index contributed by atoms with van der Waals surface area (Å²) in [4.78, 5) is 26.3. The van der Waals surface area contributed by atoms with Crippen LogP contribution >= 0.6 is 11.8 Å². The number of carboxylic acid groups (broad SMARTS) is 1. The minimum Gasteiger partial charge on any atom is -0.480 e. The molecule has 0 aromatic carbocycles. The van der Waals surface area contributed by atoms with Crippen LogP contribution in [-0.4, -0.2) is 58.8 Å². The number of hydrogen-bond donors (Lipinski definition) is 2. The molecule has 2 atom stereocenters. The van der Waals surface area contributed by atoms with E-state index >= 15 is 0 Å². The van der Waals surface area contributed by atoms with Gasteiger partial charge in [0.25, 0.3) is 0 Å². The molecule has 3 rings (SSSR count). The number of carbonyl (C=O) groups excluding carboxylic acids is 1. The summed E-state index contributed by atoms with van der Waals surface area (Å²) in [5.74, 6) is -0.0295. The number of hydrogen-bond acceptors (Lipinski definition) is 5. The summed E-state index contributed by atoms with van der Waals surface area (Å²) in [5.41, 5.74) is 5.27. The molecule has 3 aliphatic rings. The van der Waals surface area contributed by atoms with Gasteiger partial charge in [0.1, 0.15) is 6.04 Å². The molecule has 0 radical (unpaired) electrons. The molecule has 2 aliphatic heterocycles. The fourth-order valence-corrected chi connectivity index (χ4v) is 4.89. The summed E-state index contributed by atoms with van der Waals surface area (Å²) in [5, 5.41) is 9.46. The van der Waals surface area contributed by atoms with Gasteiger partial charge in [0.15, 0.2) is 0 Å². The molecule has 1 amide bonds. The van der Waals surface area contributed by atoms with Crippen molar-refractivity contribution in [1.29, 1.82) is 0 Å².